The Balaban J connectivity index is 2.36. The SMILES string of the molecule is CN(C)C(=O)CN(C)C(=O)C1CCC1. The maximum atomic E-state index is 11.6. The van der Waals surface area contributed by atoms with E-state index < -0.39 is 0 Å². The molecule has 4 heteroatoms. The van der Waals surface area contributed by atoms with Crippen LogP contribution >= 0.6 is 0 Å². The summed E-state index contributed by atoms with van der Waals surface area (Å²) in [6.45, 7) is 0.197. The highest BCUT2D eigenvalue weighted by molar-refractivity contribution is 5.85. The van der Waals surface area contributed by atoms with Gasteiger partial charge in [-0.3, -0.25) is 9.59 Å². The van der Waals surface area contributed by atoms with Crippen molar-refractivity contribution in [1.82, 2.24) is 9.80 Å². The Hall–Kier alpha value is -1.06. The number of nitrogens with zero attached hydrogens (tertiary/aromatic N) is 2. The molecule has 1 aliphatic rings. The molecular weight excluding hydrogens is 180 g/mol. The maximum Gasteiger partial charge on any atom is 0.241 e. The summed E-state index contributed by atoms with van der Waals surface area (Å²) >= 11 is 0. The zero-order valence-corrected chi connectivity index (χ0v) is 9.12. The Bertz CT molecular complexity index is 234. The van der Waals surface area contributed by atoms with Crippen LogP contribution < -0.4 is 0 Å². The van der Waals surface area contributed by atoms with Gasteiger partial charge in [-0.05, 0) is 12.8 Å². The van der Waals surface area contributed by atoms with E-state index in [2.05, 4.69) is 0 Å². The number of carbonyl (C=O) groups excluding carboxylic acids is 2. The molecule has 0 saturated heterocycles. The Morgan fingerprint density at radius 1 is 1.21 bits per heavy atom. The standard InChI is InChI=1S/C10H18N2O2/c1-11(2)9(13)7-12(3)10(14)8-5-4-6-8/h8H,4-7H2,1-3H3. The Labute approximate surface area is 84.9 Å². The highest BCUT2D eigenvalue weighted by Gasteiger charge is 2.28. The second kappa shape index (κ2) is 4.44. The van der Waals surface area contributed by atoms with Crippen molar-refractivity contribution in [1.29, 1.82) is 0 Å². The van der Waals surface area contributed by atoms with Gasteiger partial charge in [-0.2, -0.15) is 0 Å². The Morgan fingerprint density at radius 3 is 2.14 bits per heavy atom. The van der Waals surface area contributed by atoms with E-state index in [-0.39, 0.29) is 24.3 Å². The van der Waals surface area contributed by atoms with Crippen LogP contribution in [-0.4, -0.2) is 49.3 Å². The minimum Gasteiger partial charge on any atom is -0.347 e. The van der Waals surface area contributed by atoms with Crippen LogP contribution in [0.15, 0.2) is 0 Å². The molecule has 0 aromatic heterocycles. The van der Waals surface area contributed by atoms with Gasteiger partial charge in [-0.15, -0.1) is 0 Å². The number of hydrogen-bond acceptors (Lipinski definition) is 2. The number of rotatable bonds is 3. The predicted molar refractivity (Wildman–Crippen MR) is 53.7 cm³/mol. The van der Waals surface area contributed by atoms with Crippen LogP contribution in [0.25, 0.3) is 0 Å². The molecule has 0 aromatic carbocycles. The van der Waals surface area contributed by atoms with Gasteiger partial charge in [-0.25, -0.2) is 0 Å². The first-order chi connectivity index (χ1) is 6.52. The largest absolute Gasteiger partial charge is 0.347 e. The first kappa shape index (κ1) is 11.0. The van der Waals surface area contributed by atoms with Gasteiger partial charge < -0.3 is 9.80 Å². The predicted octanol–water partition coefficient (Wildman–Crippen LogP) is 0.333. The molecule has 0 heterocycles. The first-order valence-electron chi connectivity index (χ1n) is 4.97. The van der Waals surface area contributed by atoms with Crippen molar-refractivity contribution in [3.63, 3.8) is 0 Å². The smallest absolute Gasteiger partial charge is 0.241 e. The maximum absolute atomic E-state index is 11.6. The zero-order chi connectivity index (χ0) is 10.7. The van der Waals surface area contributed by atoms with E-state index in [1.54, 1.807) is 21.1 Å². The van der Waals surface area contributed by atoms with Crippen molar-refractivity contribution in [2.75, 3.05) is 27.7 Å². The average molecular weight is 198 g/mol. The van der Waals surface area contributed by atoms with Gasteiger partial charge in [0.1, 0.15) is 0 Å². The lowest BCUT2D eigenvalue weighted by Crippen LogP contribution is -2.42. The number of amides is 2. The van der Waals surface area contributed by atoms with Crippen molar-refractivity contribution in [2.24, 2.45) is 5.92 Å². The van der Waals surface area contributed by atoms with Gasteiger partial charge in [0.25, 0.3) is 0 Å². The fourth-order valence-electron chi connectivity index (χ4n) is 1.39. The van der Waals surface area contributed by atoms with Gasteiger partial charge in [0.15, 0.2) is 0 Å². The molecule has 0 aliphatic heterocycles. The second-order valence-corrected chi connectivity index (χ2v) is 4.11. The van der Waals surface area contributed by atoms with E-state index in [1.165, 1.54) is 9.80 Å². The van der Waals surface area contributed by atoms with Crippen LogP contribution in [0.1, 0.15) is 19.3 Å². The van der Waals surface area contributed by atoms with Crippen molar-refractivity contribution in [2.45, 2.75) is 19.3 Å². The quantitative estimate of drug-likeness (QED) is 0.656. The first-order valence-corrected chi connectivity index (χ1v) is 4.97. The molecule has 4 nitrogen and oxygen atoms in total. The van der Waals surface area contributed by atoms with Crippen molar-refractivity contribution >= 4 is 11.8 Å². The summed E-state index contributed by atoms with van der Waals surface area (Å²) in [6.07, 6.45) is 3.12. The van der Waals surface area contributed by atoms with Crippen LogP contribution in [0.3, 0.4) is 0 Å². The minimum absolute atomic E-state index is 0.0276. The van der Waals surface area contributed by atoms with Crippen LogP contribution in [0.2, 0.25) is 0 Å². The number of carbonyl (C=O) groups is 2. The number of hydrogen-bond donors (Lipinski definition) is 0. The molecule has 0 atom stereocenters. The zero-order valence-electron chi connectivity index (χ0n) is 9.12. The third-order valence-electron chi connectivity index (χ3n) is 2.70. The summed E-state index contributed by atoms with van der Waals surface area (Å²) in [7, 11) is 5.09. The van der Waals surface area contributed by atoms with E-state index in [9.17, 15) is 9.59 Å². The highest BCUT2D eigenvalue weighted by Crippen LogP contribution is 2.27. The monoisotopic (exact) mass is 198 g/mol. The Kier molecular flexibility index (Phi) is 3.49. The van der Waals surface area contributed by atoms with Gasteiger partial charge in [-0.1, -0.05) is 6.42 Å². The molecule has 1 fully saturated rings. The van der Waals surface area contributed by atoms with E-state index in [1.807, 2.05) is 0 Å². The summed E-state index contributed by atoms with van der Waals surface area (Å²) in [5, 5.41) is 0. The highest BCUT2D eigenvalue weighted by atomic mass is 16.2. The van der Waals surface area contributed by atoms with Gasteiger partial charge in [0, 0.05) is 27.1 Å². The molecule has 80 valence electrons. The second-order valence-electron chi connectivity index (χ2n) is 4.11. The van der Waals surface area contributed by atoms with E-state index in [0.717, 1.165) is 19.3 Å². The molecule has 0 N–H and O–H groups in total. The molecule has 0 spiro atoms. The van der Waals surface area contributed by atoms with Crippen molar-refractivity contribution in [3.05, 3.63) is 0 Å². The fourth-order valence-corrected chi connectivity index (χ4v) is 1.39. The van der Waals surface area contributed by atoms with Crippen LogP contribution in [-0.2, 0) is 9.59 Å². The van der Waals surface area contributed by atoms with Gasteiger partial charge in [0.2, 0.25) is 11.8 Å². The molecule has 1 saturated carbocycles. The molecule has 0 radical (unpaired) electrons. The summed E-state index contributed by atoms with van der Waals surface area (Å²) in [5.74, 6) is 0.265. The normalized spacial score (nSPS) is 15.9. The molecule has 0 unspecified atom stereocenters. The molecule has 0 bridgehead atoms. The third-order valence-corrected chi connectivity index (χ3v) is 2.70. The lowest BCUT2D eigenvalue weighted by Gasteiger charge is -2.29. The summed E-state index contributed by atoms with van der Waals surface area (Å²) < 4.78 is 0. The minimum atomic E-state index is -0.0276. The topological polar surface area (TPSA) is 40.6 Å². The summed E-state index contributed by atoms with van der Waals surface area (Å²) in [5.41, 5.74) is 0. The van der Waals surface area contributed by atoms with Crippen LogP contribution in [0, 0.1) is 5.92 Å². The van der Waals surface area contributed by atoms with E-state index >= 15 is 0 Å². The average Bonchev–Trinajstić information content (AvgIpc) is 2.00. The lowest BCUT2D eigenvalue weighted by atomic mass is 9.84. The van der Waals surface area contributed by atoms with Crippen LogP contribution in [0.4, 0.5) is 0 Å². The van der Waals surface area contributed by atoms with E-state index in [4.69, 9.17) is 0 Å². The lowest BCUT2D eigenvalue weighted by molar-refractivity contribution is -0.142. The fraction of sp³-hybridized carbons (Fsp3) is 0.800. The summed E-state index contributed by atoms with van der Waals surface area (Å²) in [6, 6.07) is 0. The number of likely N-dealkylation sites (N-methyl/N-ethyl adjacent to an activating group) is 2. The molecule has 0 aromatic rings. The van der Waals surface area contributed by atoms with Gasteiger partial charge in [0.05, 0.1) is 6.54 Å². The molecule has 2 amide bonds. The van der Waals surface area contributed by atoms with Crippen molar-refractivity contribution < 1.29 is 9.59 Å². The van der Waals surface area contributed by atoms with E-state index in [0.29, 0.717) is 0 Å². The van der Waals surface area contributed by atoms with Crippen molar-refractivity contribution in [3.8, 4) is 0 Å². The van der Waals surface area contributed by atoms with Crippen LogP contribution in [0.5, 0.6) is 0 Å². The molecule has 1 rings (SSSR count). The third kappa shape index (κ3) is 2.47. The van der Waals surface area contributed by atoms with Gasteiger partial charge >= 0.3 is 0 Å². The summed E-state index contributed by atoms with van der Waals surface area (Å²) in [4.78, 5) is 26.0. The molecule has 14 heavy (non-hydrogen) atoms. The molecule has 1 aliphatic carbocycles. The molecular formula is C10H18N2O2. The Morgan fingerprint density at radius 2 is 1.79 bits per heavy atom.